The van der Waals surface area contributed by atoms with E-state index >= 15 is 0 Å². The van der Waals surface area contributed by atoms with E-state index in [0.29, 0.717) is 23.2 Å². The van der Waals surface area contributed by atoms with Crippen molar-refractivity contribution >= 4 is 0 Å². The third-order valence-electron chi connectivity index (χ3n) is 5.54. The van der Waals surface area contributed by atoms with Crippen LogP contribution >= 0.6 is 0 Å². The van der Waals surface area contributed by atoms with Crippen molar-refractivity contribution in [2.24, 2.45) is 0 Å². The number of alkyl halides is 3. The number of phenolic OH excluding ortho intramolecular Hbond substituents is 2. The summed E-state index contributed by atoms with van der Waals surface area (Å²) in [6.45, 7) is 0. The number of hydrogen-bond acceptors (Lipinski definition) is 3. The molecule has 0 saturated heterocycles. The van der Waals surface area contributed by atoms with Gasteiger partial charge in [-0.3, -0.25) is 0 Å². The van der Waals surface area contributed by atoms with Gasteiger partial charge in [0.1, 0.15) is 11.5 Å². The molecule has 6 heteroatoms. The highest BCUT2D eigenvalue weighted by Gasteiger charge is 2.34. The summed E-state index contributed by atoms with van der Waals surface area (Å²) in [6, 6.07) is 18.5. The van der Waals surface area contributed by atoms with Crippen LogP contribution in [0.5, 0.6) is 11.5 Å². The van der Waals surface area contributed by atoms with Crippen molar-refractivity contribution in [3.63, 3.8) is 0 Å². The van der Waals surface area contributed by atoms with Crippen LogP contribution in [0.2, 0.25) is 0 Å². The fourth-order valence-corrected chi connectivity index (χ4v) is 4.15. The standard InChI is InChI=1S/C25H16F3NO2/c26-25(27,28)21-7-3-1-6-18(21)22-13-19(17-5-2-4-8-23(17)31)20-12-14-11-15(30)9-10-16(14)24(20)29-22/h1-11,13,30-31H,12H2. The zero-order chi connectivity index (χ0) is 21.8. The van der Waals surface area contributed by atoms with E-state index in [9.17, 15) is 23.4 Å². The molecule has 0 fully saturated rings. The molecule has 3 aromatic carbocycles. The minimum Gasteiger partial charge on any atom is -0.508 e. The number of para-hydroxylation sites is 1. The van der Waals surface area contributed by atoms with E-state index in [1.54, 1.807) is 48.5 Å². The quantitative estimate of drug-likeness (QED) is 0.347. The van der Waals surface area contributed by atoms with Gasteiger partial charge in [0, 0.05) is 23.1 Å². The van der Waals surface area contributed by atoms with E-state index in [1.165, 1.54) is 18.2 Å². The lowest BCUT2D eigenvalue weighted by Crippen LogP contribution is -2.07. The fourth-order valence-electron chi connectivity index (χ4n) is 4.15. The van der Waals surface area contributed by atoms with Gasteiger partial charge in [-0.1, -0.05) is 36.4 Å². The summed E-state index contributed by atoms with van der Waals surface area (Å²) < 4.78 is 41.1. The fraction of sp³-hybridized carbons (Fsp3) is 0.0800. The zero-order valence-electron chi connectivity index (χ0n) is 16.1. The van der Waals surface area contributed by atoms with Crippen LogP contribution in [0.15, 0.2) is 72.8 Å². The van der Waals surface area contributed by atoms with Crippen LogP contribution in [0, 0.1) is 0 Å². The van der Waals surface area contributed by atoms with E-state index in [4.69, 9.17) is 0 Å². The van der Waals surface area contributed by atoms with E-state index < -0.39 is 11.7 Å². The highest BCUT2D eigenvalue weighted by Crippen LogP contribution is 2.46. The van der Waals surface area contributed by atoms with Crippen LogP contribution in [0.4, 0.5) is 13.2 Å². The Hall–Kier alpha value is -3.80. The van der Waals surface area contributed by atoms with E-state index in [-0.39, 0.29) is 22.8 Å². The number of benzene rings is 3. The highest BCUT2D eigenvalue weighted by molar-refractivity contribution is 5.87. The summed E-state index contributed by atoms with van der Waals surface area (Å²) in [7, 11) is 0. The molecule has 4 aromatic rings. The summed E-state index contributed by atoms with van der Waals surface area (Å²) >= 11 is 0. The third kappa shape index (κ3) is 3.20. The van der Waals surface area contributed by atoms with Crippen LogP contribution in [0.1, 0.15) is 16.7 Å². The number of rotatable bonds is 2. The van der Waals surface area contributed by atoms with Gasteiger partial charge in [0.2, 0.25) is 0 Å². The Balaban J connectivity index is 1.82. The first-order valence-electron chi connectivity index (χ1n) is 9.64. The van der Waals surface area contributed by atoms with Gasteiger partial charge in [0.05, 0.1) is 17.0 Å². The summed E-state index contributed by atoms with van der Waals surface area (Å²) in [5.74, 6) is 0.142. The van der Waals surface area contributed by atoms with Crippen LogP contribution in [0.25, 0.3) is 33.6 Å². The average molecular weight is 419 g/mol. The first-order valence-corrected chi connectivity index (χ1v) is 9.64. The van der Waals surface area contributed by atoms with Gasteiger partial charge in [-0.25, -0.2) is 4.98 Å². The van der Waals surface area contributed by atoms with Crippen LogP contribution in [-0.2, 0) is 12.6 Å². The minimum absolute atomic E-state index is 0.0262. The number of hydrogen-bond donors (Lipinski definition) is 2. The first kappa shape index (κ1) is 19.2. The molecule has 3 nitrogen and oxygen atoms in total. The number of aromatic hydroxyl groups is 2. The van der Waals surface area contributed by atoms with Crippen molar-refractivity contribution in [1.82, 2.24) is 4.98 Å². The molecule has 154 valence electrons. The van der Waals surface area contributed by atoms with Gasteiger partial charge >= 0.3 is 6.18 Å². The molecule has 0 atom stereocenters. The molecule has 5 rings (SSSR count). The van der Waals surface area contributed by atoms with Crippen LogP contribution < -0.4 is 0 Å². The topological polar surface area (TPSA) is 53.4 Å². The lowest BCUT2D eigenvalue weighted by Gasteiger charge is -2.16. The number of halogens is 3. The van der Waals surface area contributed by atoms with Gasteiger partial charge < -0.3 is 10.2 Å². The van der Waals surface area contributed by atoms with Crippen molar-refractivity contribution in [3.05, 3.63) is 89.5 Å². The predicted octanol–water partition coefficient (Wildman–Crippen LogP) is 6.42. The second kappa shape index (κ2) is 6.87. The van der Waals surface area contributed by atoms with Crippen molar-refractivity contribution < 1.29 is 23.4 Å². The number of fused-ring (bicyclic) bond motifs is 3. The maximum absolute atomic E-state index is 13.7. The zero-order valence-corrected chi connectivity index (χ0v) is 16.1. The lowest BCUT2D eigenvalue weighted by molar-refractivity contribution is -0.137. The molecule has 2 N–H and O–H groups in total. The van der Waals surface area contributed by atoms with Crippen molar-refractivity contribution in [2.45, 2.75) is 12.6 Å². The molecular formula is C25H16F3NO2. The summed E-state index contributed by atoms with van der Waals surface area (Å²) in [4.78, 5) is 4.62. The molecular weight excluding hydrogens is 403 g/mol. The Morgan fingerprint density at radius 3 is 2.19 bits per heavy atom. The summed E-state index contributed by atoms with van der Waals surface area (Å²) in [6.07, 6.45) is -4.08. The van der Waals surface area contributed by atoms with Crippen molar-refractivity contribution in [3.8, 4) is 45.1 Å². The molecule has 0 bridgehead atoms. The predicted molar refractivity (Wildman–Crippen MR) is 112 cm³/mol. The average Bonchev–Trinajstić information content (AvgIpc) is 3.10. The molecule has 0 unspecified atom stereocenters. The monoisotopic (exact) mass is 419 g/mol. The van der Waals surface area contributed by atoms with E-state index in [0.717, 1.165) is 22.8 Å². The van der Waals surface area contributed by atoms with E-state index in [1.807, 2.05) is 0 Å². The Labute approximate surface area is 176 Å². The maximum atomic E-state index is 13.7. The summed E-state index contributed by atoms with van der Waals surface area (Å²) in [5, 5.41) is 20.3. The number of aromatic nitrogens is 1. The largest absolute Gasteiger partial charge is 0.508 e. The molecule has 31 heavy (non-hydrogen) atoms. The Morgan fingerprint density at radius 1 is 0.742 bits per heavy atom. The van der Waals surface area contributed by atoms with Crippen molar-refractivity contribution in [2.75, 3.05) is 0 Å². The van der Waals surface area contributed by atoms with Gasteiger partial charge in [0.15, 0.2) is 0 Å². The molecule has 0 radical (unpaired) electrons. The Bertz CT molecular complexity index is 1330. The van der Waals surface area contributed by atoms with Gasteiger partial charge in [-0.2, -0.15) is 13.2 Å². The first-order chi connectivity index (χ1) is 14.8. The highest BCUT2D eigenvalue weighted by atomic mass is 19.4. The van der Waals surface area contributed by atoms with Gasteiger partial charge in [-0.05, 0) is 53.1 Å². The minimum atomic E-state index is -4.53. The Kier molecular flexibility index (Phi) is 4.25. The second-order valence-corrected chi connectivity index (χ2v) is 7.46. The summed E-state index contributed by atoms with van der Waals surface area (Å²) in [5.41, 5.74) is 3.46. The molecule has 0 saturated carbocycles. The molecule has 0 spiro atoms. The molecule has 0 amide bonds. The molecule has 1 aliphatic carbocycles. The smallest absolute Gasteiger partial charge is 0.417 e. The normalized spacial score (nSPS) is 12.5. The van der Waals surface area contributed by atoms with E-state index in [2.05, 4.69) is 4.98 Å². The third-order valence-corrected chi connectivity index (χ3v) is 5.54. The lowest BCUT2D eigenvalue weighted by atomic mass is 9.94. The van der Waals surface area contributed by atoms with Crippen LogP contribution in [-0.4, -0.2) is 15.2 Å². The number of phenols is 2. The van der Waals surface area contributed by atoms with Crippen molar-refractivity contribution in [1.29, 1.82) is 0 Å². The Morgan fingerprint density at radius 2 is 1.45 bits per heavy atom. The number of pyridine rings is 1. The molecule has 0 aliphatic heterocycles. The SMILES string of the molecule is Oc1ccc2c(c1)Cc1c(-c3ccccc3O)cc(-c3ccccc3C(F)(F)F)nc1-2. The molecule has 1 heterocycles. The van der Waals surface area contributed by atoms with Gasteiger partial charge in [0.25, 0.3) is 0 Å². The molecule has 1 aliphatic rings. The second-order valence-electron chi connectivity index (χ2n) is 7.46. The molecule has 1 aromatic heterocycles. The van der Waals surface area contributed by atoms with Gasteiger partial charge in [-0.15, -0.1) is 0 Å². The van der Waals surface area contributed by atoms with Crippen LogP contribution in [0.3, 0.4) is 0 Å². The number of nitrogens with zero attached hydrogens (tertiary/aromatic N) is 1. The maximum Gasteiger partial charge on any atom is 0.417 e.